The number of fused-ring (bicyclic) bond motifs is 3. The Labute approximate surface area is 466 Å². The summed E-state index contributed by atoms with van der Waals surface area (Å²) in [6, 6.07) is 59.1. The second-order valence-corrected chi connectivity index (χ2v) is 21.3. The fraction of sp³-hybridized carbons (Fsp3) is 0.0476. The lowest BCUT2D eigenvalue weighted by atomic mass is 10.1. The number of anilines is 4. The largest absolute Gasteiger partial charge is 0.439 e. The van der Waals surface area contributed by atoms with E-state index in [-0.39, 0.29) is 57.9 Å². The van der Waals surface area contributed by atoms with Gasteiger partial charge in [0.2, 0.25) is 11.8 Å². The van der Waals surface area contributed by atoms with Gasteiger partial charge in [0, 0.05) is 29.9 Å². The number of benzene rings is 9. The molecular formula is C63H48N6O10S2. The molecule has 402 valence electrons. The van der Waals surface area contributed by atoms with Crippen molar-refractivity contribution in [2.24, 2.45) is 0 Å². The van der Waals surface area contributed by atoms with Crippen LogP contribution in [-0.4, -0.2) is 45.9 Å². The summed E-state index contributed by atoms with van der Waals surface area (Å²) in [7, 11) is -9.84. The van der Waals surface area contributed by atoms with E-state index in [1.165, 1.54) is 60.7 Å². The molecule has 81 heavy (non-hydrogen) atoms. The fourth-order valence-corrected chi connectivity index (χ4v) is 10.3. The molecule has 0 aliphatic carbocycles. The molecule has 0 bridgehead atoms. The highest BCUT2D eigenvalue weighted by molar-refractivity contribution is 7.86. The predicted molar refractivity (Wildman–Crippen MR) is 314 cm³/mol. The lowest BCUT2D eigenvalue weighted by Gasteiger charge is -2.14. The summed E-state index contributed by atoms with van der Waals surface area (Å²) in [5.41, 5.74) is 2.30. The van der Waals surface area contributed by atoms with E-state index >= 15 is 0 Å². The summed E-state index contributed by atoms with van der Waals surface area (Å²) >= 11 is 0. The highest BCUT2D eigenvalue weighted by atomic mass is 32.2. The van der Waals surface area contributed by atoms with Crippen molar-refractivity contribution in [3.05, 3.63) is 228 Å². The zero-order valence-electron chi connectivity index (χ0n) is 43.3. The fourth-order valence-electron chi connectivity index (χ4n) is 8.84. The predicted octanol–water partition coefficient (Wildman–Crippen LogP) is 15.4. The van der Waals surface area contributed by atoms with Crippen molar-refractivity contribution in [2.75, 3.05) is 10.6 Å². The van der Waals surface area contributed by atoms with Gasteiger partial charge in [-0.25, -0.2) is 0 Å². The van der Waals surface area contributed by atoms with Crippen LogP contribution in [0.1, 0.15) is 35.6 Å². The second-order valence-electron chi connectivity index (χ2n) is 18.5. The van der Waals surface area contributed by atoms with Crippen LogP contribution in [0.15, 0.2) is 216 Å². The molecule has 4 N–H and O–H groups in total. The van der Waals surface area contributed by atoms with Crippen LogP contribution in [-0.2, 0) is 20.2 Å². The normalized spacial score (nSPS) is 12.0. The van der Waals surface area contributed by atoms with E-state index in [0.717, 1.165) is 43.4 Å². The summed E-state index contributed by atoms with van der Waals surface area (Å²) in [6.07, 6.45) is 4.98. The third-order valence-corrected chi connectivity index (χ3v) is 14.6. The number of aromatic nitrogens is 4. The Kier molecular flexibility index (Phi) is 14.9. The Morgan fingerprint density at radius 1 is 0.457 bits per heavy atom. The first-order valence-corrected chi connectivity index (χ1v) is 28.2. The van der Waals surface area contributed by atoms with Gasteiger partial charge in [-0.2, -0.15) is 36.8 Å². The molecule has 9 aromatic carbocycles. The van der Waals surface area contributed by atoms with Crippen LogP contribution in [0.4, 0.5) is 23.0 Å². The third-order valence-electron chi connectivity index (χ3n) is 12.8. The van der Waals surface area contributed by atoms with E-state index in [9.17, 15) is 25.9 Å². The van der Waals surface area contributed by atoms with E-state index in [4.69, 9.17) is 18.9 Å². The first kappa shape index (κ1) is 53.0. The number of ether oxygens (including phenoxy) is 4. The maximum absolute atomic E-state index is 13.1. The molecule has 0 atom stereocenters. The van der Waals surface area contributed by atoms with E-state index in [2.05, 4.69) is 30.6 Å². The minimum atomic E-state index is -4.92. The van der Waals surface area contributed by atoms with Crippen molar-refractivity contribution in [3.8, 4) is 41.0 Å². The summed E-state index contributed by atoms with van der Waals surface area (Å²) in [5, 5.41) is 12.0. The first-order valence-electron chi connectivity index (χ1n) is 25.3. The molecular weight excluding hydrogens is 1060 g/mol. The summed E-state index contributed by atoms with van der Waals surface area (Å²) in [4.78, 5) is 17.2. The minimum absolute atomic E-state index is 0.0219. The number of nitrogens with zero attached hydrogens (tertiary/aromatic N) is 4. The Balaban J connectivity index is 0.879. The smallest absolute Gasteiger partial charge is 0.327 e. The quantitative estimate of drug-likeness (QED) is 0.0356. The standard InChI is InChI=1S/C63H48N6O10S2/c1-3-52(32-46-16-5-4-12-40(46)2)78-62-66-58(38-60(68-62)76-53-29-24-41-13-6-9-17-47(41)33-53)64-50-27-22-44(56(36-50)80(70,71)72)20-21-45-23-28-51(37-57(45)81(73,74)75)65-59-39-61(77-54-30-25-42-14-7-10-18-48(42)34-54)69-63(67-59)79-55-31-26-43-15-8-11-19-49(43)35-55/h4-39H,3H2,1-2H3,(H,64,66,68)(H,65,67,69)(H,70,71,72)(H,73,74,75)/b21-20+,52-32+. The van der Waals surface area contributed by atoms with E-state index in [1.807, 2.05) is 153 Å². The van der Waals surface area contributed by atoms with Crippen molar-refractivity contribution in [3.63, 3.8) is 0 Å². The number of hydrogen-bond acceptors (Lipinski definition) is 14. The molecule has 0 radical (unpaired) electrons. The second kappa shape index (κ2) is 22.8. The van der Waals surface area contributed by atoms with Crippen LogP contribution in [0.5, 0.6) is 41.0 Å². The van der Waals surface area contributed by atoms with Gasteiger partial charge in [0.1, 0.15) is 44.4 Å². The van der Waals surface area contributed by atoms with Gasteiger partial charge in [-0.15, -0.1) is 0 Å². The molecule has 0 fully saturated rings. The maximum atomic E-state index is 13.1. The number of hydrogen-bond donors (Lipinski definition) is 4. The van der Waals surface area contributed by atoms with Crippen molar-refractivity contribution in [1.29, 1.82) is 0 Å². The topological polar surface area (TPSA) is 221 Å². The molecule has 2 aromatic heterocycles. The van der Waals surface area contributed by atoms with Crippen molar-refractivity contribution in [1.82, 2.24) is 19.9 Å². The Hall–Kier alpha value is -9.98. The number of aryl methyl sites for hydroxylation is 1. The Bertz CT molecular complexity index is 4420. The molecule has 0 aliphatic rings. The molecule has 0 saturated carbocycles. The Morgan fingerprint density at radius 3 is 1.33 bits per heavy atom. The molecule has 0 amide bonds. The van der Waals surface area contributed by atoms with Gasteiger partial charge in [-0.1, -0.05) is 146 Å². The number of nitrogens with one attached hydrogen (secondary N) is 2. The van der Waals surface area contributed by atoms with E-state index in [0.29, 0.717) is 29.4 Å². The van der Waals surface area contributed by atoms with Crippen LogP contribution in [0, 0.1) is 6.92 Å². The maximum Gasteiger partial charge on any atom is 0.327 e. The van der Waals surface area contributed by atoms with Gasteiger partial charge in [-0.3, -0.25) is 9.11 Å². The summed E-state index contributed by atoms with van der Waals surface area (Å²) in [5.74, 6) is 2.50. The average molecular weight is 1110 g/mol. The minimum Gasteiger partial charge on any atom is -0.439 e. The van der Waals surface area contributed by atoms with Crippen LogP contribution in [0.3, 0.4) is 0 Å². The molecule has 0 saturated heterocycles. The van der Waals surface area contributed by atoms with Gasteiger partial charge in [-0.05, 0) is 128 Å². The molecule has 16 nitrogen and oxygen atoms in total. The first-order chi connectivity index (χ1) is 39.1. The van der Waals surface area contributed by atoms with Gasteiger partial charge in [0.05, 0.1) is 0 Å². The van der Waals surface area contributed by atoms with Crippen molar-refractivity contribution < 1.29 is 44.9 Å². The van der Waals surface area contributed by atoms with Gasteiger partial charge < -0.3 is 29.6 Å². The molecule has 2 heterocycles. The SMILES string of the molecule is CC/C(=C\c1ccccc1C)Oc1nc(Nc2ccc(/C=C/c3ccc(Nc4cc(Oc5ccc6ccccc6c5)nc(Oc5ccc6ccccc6c5)n4)cc3S(=O)(=O)O)c(S(=O)(=O)O)c2)cc(Oc2ccc3ccccc3c2)n1. The van der Waals surface area contributed by atoms with Crippen LogP contribution >= 0.6 is 0 Å². The molecule has 0 unspecified atom stereocenters. The zero-order chi connectivity index (χ0) is 56.1. The monoisotopic (exact) mass is 1110 g/mol. The summed E-state index contributed by atoms with van der Waals surface area (Å²) < 4.78 is 98.2. The molecule has 11 rings (SSSR count). The highest BCUT2D eigenvalue weighted by Gasteiger charge is 2.20. The number of allylic oxidation sites excluding steroid dienone is 1. The van der Waals surface area contributed by atoms with Gasteiger partial charge >= 0.3 is 12.0 Å². The lowest BCUT2D eigenvalue weighted by Crippen LogP contribution is -2.05. The lowest BCUT2D eigenvalue weighted by molar-refractivity contribution is 0.369. The van der Waals surface area contributed by atoms with Crippen LogP contribution < -0.4 is 29.6 Å². The highest BCUT2D eigenvalue weighted by Crippen LogP contribution is 2.35. The van der Waals surface area contributed by atoms with Crippen LogP contribution in [0.25, 0.3) is 50.5 Å². The van der Waals surface area contributed by atoms with Crippen molar-refractivity contribution in [2.45, 2.75) is 30.1 Å². The summed E-state index contributed by atoms with van der Waals surface area (Å²) in [6.45, 7) is 3.92. The van der Waals surface area contributed by atoms with E-state index in [1.54, 1.807) is 18.2 Å². The molecule has 0 aliphatic heterocycles. The third kappa shape index (κ3) is 13.0. The molecule has 18 heteroatoms. The average Bonchev–Trinajstić information content (AvgIpc) is 3.47. The van der Waals surface area contributed by atoms with Gasteiger partial charge in [0.15, 0.2) is 0 Å². The molecule has 0 spiro atoms. The van der Waals surface area contributed by atoms with Crippen LogP contribution in [0.2, 0.25) is 0 Å². The van der Waals surface area contributed by atoms with E-state index < -0.39 is 30.0 Å². The Morgan fingerprint density at radius 2 is 0.877 bits per heavy atom. The number of rotatable bonds is 18. The zero-order valence-corrected chi connectivity index (χ0v) is 44.9. The van der Waals surface area contributed by atoms with Gasteiger partial charge in [0.25, 0.3) is 20.2 Å². The van der Waals surface area contributed by atoms with Crippen molar-refractivity contribution >= 4 is 93.8 Å². The molecule has 11 aromatic rings.